The standard InChI is InChI=1S/C21H15F3N2O3/c22-21(23,24)14-7-2-6-13(16-9-10-17(27)29-16)18(14)20(28)26-15-8-1-4-12-5-3-11-25-19(12)15/h1-8,11,16H,9-10H2,(H,26,28). The number of fused-ring (bicyclic) bond motifs is 1. The highest BCUT2D eigenvalue weighted by Crippen LogP contribution is 2.39. The zero-order valence-corrected chi connectivity index (χ0v) is 15.0. The Kier molecular flexibility index (Phi) is 4.70. The van der Waals surface area contributed by atoms with E-state index in [1.165, 1.54) is 18.3 Å². The van der Waals surface area contributed by atoms with Crippen LogP contribution in [0.2, 0.25) is 0 Å². The molecule has 0 saturated carbocycles. The summed E-state index contributed by atoms with van der Waals surface area (Å²) in [5.74, 6) is -1.44. The molecule has 2 heterocycles. The number of ether oxygens (including phenoxy) is 1. The average Bonchev–Trinajstić information content (AvgIpc) is 3.13. The van der Waals surface area contributed by atoms with E-state index in [1.54, 1.807) is 30.3 Å². The summed E-state index contributed by atoms with van der Waals surface area (Å²) in [6.45, 7) is 0. The fraction of sp³-hybridized carbons (Fsp3) is 0.190. The van der Waals surface area contributed by atoms with Crippen LogP contribution in [0.15, 0.2) is 54.7 Å². The highest BCUT2D eigenvalue weighted by Gasteiger charge is 2.39. The number of carbonyl (C=O) groups excluding carboxylic acids is 2. The predicted octanol–water partition coefficient (Wildman–Crippen LogP) is 4.88. The van der Waals surface area contributed by atoms with Gasteiger partial charge >= 0.3 is 12.1 Å². The van der Waals surface area contributed by atoms with Crippen molar-refractivity contribution in [1.29, 1.82) is 0 Å². The molecule has 2 aromatic carbocycles. The van der Waals surface area contributed by atoms with Crippen LogP contribution in [0.3, 0.4) is 0 Å². The second-order valence-corrected chi connectivity index (χ2v) is 6.62. The molecule has 0 radical (unpaired) electrons. The van der Waals surface area contributed by atoms with Crippen molar-refractivity contribution >= 4 is 28.5 Å². The topological polar surface area (TPSA) is 68.3 Å². The molecule has 0 bridgehead atoms. The summed E-state index contributed by atoms with van der Waals surface area (Å²) in [5, 5.41) is 3.28. The number of halogens is 3. The zero-order valence-electron chi connectivity index (χ0n) is 15.0. The van der Waals surface area contributed by atoms with Crippen LogP contribution in [-0.4, -0.2) is 16.9 Å². The number of nitrogens with zero attached hydrogens (tertiary/aromatic N) is 1. The molecule has 1 fully saturated rings. The number of cyclic esters (lactones) is 1. The Bertz CT molecular complexity index is 1110. The summed E-state index contributed by atoms with van der Waals surface area (Å²) in [6.07, 6.45) is -3.80. The van der Waals surface area contributed by atoms with Gasteiger partial charge in [0.1, 0.15) is 6.10 Å². The summed E-state index contributed by atoms with van der Waals surface area (Å²) < 4.78 is 46.1. The fourth-order valence-electron chi connectivity index (χ4n) is 3.46. The molecule has 3 aromatic rings. The minimum absolute atomic E-state index is 0.0383. The molecule has 1 unspecified atom stereocenters. The van der Waals surface area contributed by atoms with E-state index in [9.17, 15) is 22.8 Å². The molecule has 0 aliphatic carbocycles. The number of pyridine rings is 1. The molecular formula is C21H15F3N2O3. The fourth-order valence-corrected chi connectivity index (χ4v) is 3.46. The summed E-state index contributed by atoms with van der Waals surface area (Å²) >= 11 is 0. The minimum Gasteiger partial charge on any atom is -0.457 e. The normalized spacial score (nSPS) is 16.7. The van der Waals surface area contributed by atoms with Crippen molar-refractivity contribution < 1.29 is 27.5 Å². The molecule has 0 spiro atoms. The molecule has 1 aliphatic rings. The maximum Gasteiger partial charge on any atom is 0.417 e. The number of hydrogen-bond donors (Lipinski definition) is 1. The summed E-state index contributed by atoms with van der Waals surface area (Å²) in [4.78, 5) is 28.7. The Morgan fingerprint density at radius 2 is 1.86 bits per heavy atom. The lowest BCUT2D eigenvalue weighted by Gasteiger charge is -2.19. The van der Waals surface area contributed by atoms with Gasteiger partial charge in [0.05, 0.1) is 22.3 Å². The third kappa shape index (κ3) is 3.65. The number of alkyl halides is 3. The van der Waals surface area contributed by atoms with Crippen molar-refractivity contribution in [2.45, 2.75) is 25.1 Å². The lowest BCUT2D eigenvalue weighted by atomic mass is 9.94. The van der Waals surface area contributed by atoms with Crippen LogP contribution in [0.25, 0.3) is 10.9 Å². The summed E-state index contributed by atoms with van der Waals surface area (Å²) in [5.41, 5.74) is -0.839. The van der Waals surface area contributed by atoms with Gasteiger partial charge in [0, 0.05) is 23.6 Å². The molecule has 1 amide bonds. The van der Waals surface area contributed by atoms with E-state index in [2.05, 4.69) is 10.3 Å². The molecule has 1 N–H and O–H groups in total. The van der Waals surface area contributed by atoms with Crippen molar-refractivity contribution in [2.24, 2.45) is 0 Å². The van der Waals surface area contributed by atoms with Gasteiger partial charge in [-0.15, -0.1) is 0 Å². The van der Waals surface area contributed by atoms with Crippen molar-refractivity contribution in [3.05, 3.63) is 71.4 Å². The van der Waals surface area contributed by atoms with Gasteiger partial charge in [0.2, 0.25) is 0 Å². The Morgan fingerprint density at radius 3 is 2.59 bits per heavy atom. The number of nitrogens with one attached hydrogen (secondary N) is 1. The lowest BCUT2D eigenvalue weighted by molar-refractivity contribution is -0.141. The van der Waals surface area contributed by atoms with Crippen LogP contribution < -0.4 is 5.32 Å². The Balaban J connectivity index is 1.80. The Labute approximate surface area is 163 Å². The van der Waals surface area contributed by atoms with Gasteiger partial charge < -0.3 is 10.1 Å². The highest BCUT2D eigenvalue weighted by molar-refractivity contribution is 6.10. The Morgan fingerprint density at radius 1 is 1.10 bits per heavy atom. The average molecular weight is 400 g/mol. The van der Waals surface area contributed by atoms with Crippen molar-refractivity contribution in [2.75, 3.05) is 5.32 Å². The molecular weight excluding hydrogens is 385 g/mol. The number of benzene rings is 2. The number of esters is 1. The summed E-state index contributed by atoms with van der Waals surface area (Å²) in [7, 11) is 0. The third-order valence-electron chi connectivity index (χ3n) is 4.74. The van der Waals surface area contributed by atoms with Crippen LogP contribution in [0.5, 0.6) is 0 Å². The van der Waals surface area contributed by atoms with Crippen LogP contribution in [-0.2, 0) is 15.7 Å². The van der Waals surface area contributed by atoms with Gasteiger partial charge in [0.25, 0.3) is 5.91 Å². The number of hydrogen-bond acceptors (Lipinski definition) is 4. The van der Waals surface area contributed by atoms with Crippen LogP contribution in [0, 0.1) is 0 Å². The molecule has 5 nitrogen and oxygen atoms in total. The third-order valence-corrected chi connectivity index (χ3v) is 4.74. The predicted molar refractivity (Wildman–Crippen MR) is 99.2 cm³/mol. The van der Waals surface area contributed by atoms with E-state index in [0.717, 1.165) is 11.5 Å². The molecule has 4 rings (SSSR count). The van der Waals surface area contributed by atoms with Crippen LogP contribution in [0.1, 0.15) is 40.4 Å². The number of anilines is 1. The van der Waals surface area contributed by atoms with Gasteiger partial charge in [0.15, 0.2) is 0 Å². The quantitative estimate of drug-likeness (QED) is 0.636. The molecule has 29 heavy (non-hydrogen) atoms. The molecule has 148 valence electrons. The second kappa shape index (κ2) is 7.20. The maximum absolute atomic E-state index is 13.6. The van der Waals surface area contributed by atoms with E-state index in [0.29, 0.717) is 11.2 Å². The first-order valence-corrected chi connectivity index (χ1v) is 8.89. The number of para-hydroxylation sites is 1. The largest absolute Gasteiger partial charge is 0.457 e. The second-order valence-electron chi connectivity index (χ2n) is 6.62. The first kappa shape index (κ1) is 18.9. The summed E-state index contributed by atoms with van der Waals surface area (Å²) in [6, 6.07) is 12.0. The number of amides is 1. The lowest BCUT2D eigenvalue weighted by Crippen LogP contribution is -2.22. The monoisotopic (exact) mass is 400 g/mol. The first-order chi connectivity index (χ1) is 13.8. The molecule has 1 aromatic heterocycles. The van der Waals surface area contributed by atoms with E-state index in [1.807, 2.05) is 0 Å². The van der Waals surface area contributed by atoms with E-state index < -0.39 is 35.3 Å². The number of aromatic nitrogens is 1. The number of carbonyl (C=O) groups is 2. The SMILES string of the molecule is O=C1CCC(c2cccc(C(F)(F)F)c2C(=O)Nc2cccc3cccnc23)O1. The van der Waals surface area contributed by atoms with Gasteiger partial charge in [-0.2, -0.15) is 13.2 Å². The van der Waals surface area contributed by atoms with E-state index in [-0.39, 0.29) is 18.4 Å². The molecule has 1 atom stereocenters. The minimum atomic E-state index is -4.75. The Hall–Kier alpha value is -3.42. The molecule has 1 aliphatic heterocycles. The van der Waals surface area contributed by atoms with Crippen molar-refractivity contribution in [1.82, 2.24) is 4.98 Å². The maximum atomic E-state index is 13.6. The van der Waals surface area contributed by atoms with E-state index >= 15 is 0 Å². The van der Waals surface area contributed by atoms with Crippen LogP contribution >= 0.6 is 0 Å². The van der Waals surface area contributed by atoms with Gasteiger partial charge in [-0.25, -0.2) is 0 Å². The van der Waals surface area contributed by atoms with Gasteiger partial charge in [-0.3, -0.25) is 14.6 Å². The smallest absolute Gasteiger partial charge is 0.417 e. The molecule has 1 saturated heterocycles. The van der Waals surface area contributed by atoms with Gasteiger partial charge in [-0.05, 0) is 24.6 Å². The first-order valence-electron chi connectivity index (χ1n) is 8.89. The number of rotatable bonds is 3. The highest BCUT2D eigenvalue weighted by atomic mass is 19.4. The van der Waals surface area contributed by atoms with Crippen molar-refractivity contribution in [3.63, 3.8) is 0 Å². The van der Waals surface area contributed by atoms with Crippen LogP contribution in [0.4, 0.5) is 18.9 Å². The molecule has 8 heteroatoms. The zero-order chi connectivity index (χ0) is 20.6. The van der Waals surface area contributed by atoms with E-state index in [4.69, 9.17) is 4.74 Å². The van der Waals surface area contributed by atoms with Crippen molar-refractivity contribution in [3.8, 4) is 0 Å². The van der Waals surface area contributed by atoms with Gasteiger partial charge in [-0.1, -0.05) is 30.3 Å².